The lowest BCUT2D eigenvalue weighted by atomic mass is 10.0. The van der Waals surface area contributed by atoms with Gasteiger partial charge in [-0.3, -0.25) is 4.90 Å². The van der Waals surface area contributed by atoms with Crippen molar-refractivity contribution >= 4 is 33.3 Å². The molecule has 0 aliphatic heterocycles. The summed E-state index contributed by atoms with van der Waals surface area (Å²) in [5.74, 6) is 1.61. The molecule has 0 saturated heterocycles. The zero-order chi connectivity index (χ0) is 15.8. The van der Waals surface area contributed by atoms with Gasteiger partial charge in [-0.15, -0.1) is 11.3 Å². The Morgan fingerprint density at radius 1 is 1.04 bits per heavy atom. The maximum absolute atomic E-state index is 5.51. The van der Waals surface area contributed by atoms with E-state index in [2.05, 4.69) is 46.5 Å². The van der Waals surface area contributed by atoms with Crippen LogP contribution in [0.1, 0.15) is 5.56 Å². The lowest BCUT2D eigenvalue weighted by molar-refractivity contribution is 0.569. The molecule has 4 aromatic rings. The molecule has 4 nitrogen and oxygen atoms in total. The quantitative estimate of drug-likeness (QED) is 0.531. The van der Waals surface area contributed by atoms with Crippen LogP contribution in [0.3, 0.4) is 0 Å². The zero-order valence-electron chi connectivity index (χ0n) is 12.9. The molecule has 0 N–H and O–H groups in total. The lowest BCUT2D eigenvalue weighted by Crippen LogP contribution is -2.11. The van der Waals surface area contributed by atoms with E-state index in [1.807, 2.05) is 24.1 Å². The number of fused-ring (bicyclic) bond motifs is 1. The van der Waals surface area contributed by atoms with Crippen molar-refractivity contribution in [1.29, 1.82) is 0 Å². The van der Waals surface area contributed by atoms with Gasteiger partial charge in [0, 0.05) is 24.1 Å². The molecule has 0 unspecified atom stereocenters. The number of furan rings is 1. The number of aromatic nitrogens is 2. The molecule has 0 amide bonds. The van der Waals surface area contributed by atoms with Crippen molar-refractivity contribution in [3.63, 3.8) is 0 Å². The zero-order valence-corrected chi connectivity index (χ0v) is 13.7. The van der Waals surface area contributed by atoms with E-state index in [4.69, 9.17) is 4.42 Å². The Labute approximate surface area is 138 Å². The summed E-state index contributed by atoms with van der Waals surface area (Å²) in [6.45, 7) is 2.12. The SMILES string of the molecule is Cc1ccccc1-c1csc2ncnc(N(C)c3ccco3)c12. The van der Waals surface area contributed by atoms with Crippen molar-refractivity contribution < 1.29 is 4.42 Å². The van der Waals surface area contributed by atoms with Crippen molar-refractivity contribution in [2.75, 3.05) is 11.9 Å². The first-order valence-corrected chi connectivity index (χ1v) is 8.19. The summed E-state index contributed by atoms with van der Waals surface area (Å²) in [7, 11) is 1.96. The number of hydrogen-bond donors (Lipinski definition) is 0. The van der Waals surface area contributed by atoms with Crippen LogP contribution in [0.25, 0.3) is 21.3 Å². The molecule has 1 aromatic carbocycles. The van der Waals surface area contributed by atoms with Gasteiger partial charge in [-0.1, -0.05) is 24.3 Å². The first kappa shape index (κ1) is 14.0. The molecule has 0 aliphatic carbocycles. The fourth-order valence-corrected chi connectivity index (χ4v) is 3.65. The predicted molar refractivity (Wildman–Crippen MR) is 94.4 cm³/mol. The Kier molecular flexibility index (Phi) is 3.35. The smallest absolute Gasteiger partial charge is 0.200 e. The van der Waals surface area contributed by atoms with Crippen LogP contribution in [0.15, 0.2) is 58.8 Å². The lowest BCUT2D eigenvalue weighted by Gasteiger charge is -2.16. The molecule has 0 radical (unpaired) electrons. The Morgan fingerprint density at radius 3 is 2.70 bits per heavy atom. The van der Waals surface area contributed by atoms with Crippen molar-refractivity contribution in [3.8, 4) is 11.1 Å². The van der Waals surface area contributed by atoms with Crippen molar-refractivity contribution in [2.45, 2.75) is 6.92 Å². The highest BCUT2D eigenvalue weighted by Crippen LogP contribution is 2.40. The average Bonchev–Trinajstić information content (AvgIpc) is 3.24. The number of thiophene rings is 1. The summed E-state index contributed by atoms with van der Waals surface area (Å²) < 4.78 is 5.51. The third-order valence-electron chi connectivity index (χ3n) is 3.94. The van der Waals surface area contributed by atoms with E-state index in [0.717, 1.165) is 27.5 Å². The standard InChI is InChI=1S/C18H15N3OS/c1-12-6-3-4-7-13(12)14-10-23-18-16(14)17(19-11-20-18)21(2)15-8-5-9-22-15/h3-11H,1-2H3. The van der Waals surface area contributed by atoms with E-state index < -0.39 is 0 Å². The second kappa shape index (κ2) is 5.52. The summed E-state index contributed by atoms with van der Waals surface area (Å²) in [6, 6.07) is 12.2. The number of aryl methyl sites for hydroxylation is 1. The van der Waals surface area contributed by atoms with Crippen LogP contribution >= 0.6 is 11.3 Å². The highest BCUT2D eigenvalue weighted by molar-refractivity contribution is 7.17. The third-order valence-corrected chi connectivity index (χ3v) is 4.83. The molecule has 3 heterocycles. The Bertz CT molecular complexity index is 959. The molecule has 114 valence electrons. The minimum atomic E-state index is 0.756. The van der Waals surface area contributed by atoms with E-state index in [1.54, 1.807) is 23.9 Å². The molecular weight excluding hydrogens is 306 g/mol. The highest BCUT2D eigenvalue weighted by atomic mass is 32.1. The Hall–Kier alpha value is -2.66. The van der Waals surface area contributed by atoms with Crippen LogP contribution in [0.5, 0.6) is 0 Å². The van der Waals surface area contributed by atoms with Gasteiger partial charge in [-0.25, -0.2) is 9.97 Å². The molecule has 4 rings (SSSR count). The Morgan fingerprint density at radius 2 is 1.91 bits per heavy atom. The normalized spacial score (nSPS) is 11.0. The van der Waals surface area contributed by atoms with Gasteiger partial charge >= 0.3 is 0 Å². The van der Waals surface area contributed by atoms with Crippen molar-refractivity contribution in [2.24, 2.45) is 0 Å². The van der Waals surface area contributed by atoms with Gasteiger partial charge in [0.25, 0.3) is 0 Å². The maximum atomic E-state index is 5.51. The number of hydrogen-bond acceptors (Lipinski definition) is 5. The van der Waals surface area contributed by atoms with Crippen molar-refractivity contribution in [3.05, 3.63) is 59.9 Å². The number of anilines is 2. The molecule has 23 heavy (non-hydrogen) atoms. The molecule has 0 aliphatic rings. The van der Waals surface area contributed by atoms with Crippen LogP contribution in [0.4, 0.5) is 11.7 Å². The van der Waals surface area contributed by atoms with Crippen LogP contribution in [-0.2, 0) is 0 Å². The van der Waals surface area contributed by atoms with Gasteiger partial charge in [0.1, 0.15) is 17.0 Å². The summed E-state index contributed by atoms with van der Waals surface area (Å²) >= 11 is 1.64. The molecule has 0 saturated carbocycles. The van der Waals surface area contributed by atoms with Crippen LogP contribution in [-0.4, -0.2) is 17.0 Å². The van der Waals surface area contributed by atoms with Crippen LogP contribution in [0, 0.1) is 6.92 Å². The van der Waals surface area contributed by atoms with Gasteiger partial charge in [0.15, 0.2) is 0 Å². The number of rotatable bonds is 3. The topological polar surface area (TPSA) is 42.2 Å². The average molecular weight is 321 g/mol. The van der Waals surface area contributed by atoms with Crippen LogP contribution in [0.2, 0.25) is 0 Å². The molecule has 5 heteroatoms. The summed E-state index contributed by atoms with van der Waals surface area (Å²) in [5.41, 5.74) is 3.61. The largest absolute Gasteiger partial charge is 0.448 e. The molecule has 0 fully saturated rings. The fraction of sp³-hybridized carbons (Fsp3) is 0.111. The van der Waals surface area contributed by atoms with Crippen molar-refractivity contribution in [1.82, 2.24) is 9.97 Å². The van der Waals surface area contributed by atoms with Gasteiger partial charge in [-0.2, -0.15) is 0 Å². The van der Waals surface area contributed by atoms with Gasteiger partial charge in [0.05, 0.1) is 11.6 Å². The predicted octanol–water partition coefficient (Wildman–Crippen LogP) is 5.03. The summed E-state index contributed by atoms with van der Waals surface area (Å²) in [4.78, 5) is 11.9. The second-order valence-electron chi connectivity index (χ2n) is 5.35. The first-order valence-electron chi connectivity index (χ1n) is 7.31. The molecule has 0 atom stereocenters. The fourth-order valence-electron chi connectivity index (χ4n) is 2.75. The summed E-state index contributed by atoms with van der Waals surface area (Å²) in [6.07, 6.45) is 3.27. The molecule has 0 spiro atoms. The second-order valence-corrected chi connectivity index (χ2v) is 6.21. The van der Waals surface area contributed by atoms with E-state index >= 15 is 0 Å². The van der Waals surface area contributed by atoms with Gasteiger partial charge < -0.3 is 4.42 Å². The minimum absolute atomic E-state index is 0.756. The molecule has 0 bridgehead atoms. The molecule has 3 aromatic heterocycles. The van der Waals surface area contributed by atoms with E-state index in [1.165, 1.54) is 11.1 Å². The highest BCUT2D eigenvalue weighted by Gasteiger charge is 2.18. The third kappa shape index (κ3) is 2.29. The summed E-state index contributed by atoms with van der Waals surface area (Å²) in [5, 5.41) is 3.21. The van der Waals surface area contributed by atoms with Crippen LogP contribution < -0.4 is 4.90 Å². The minimum Gasteiger partial charge on any atom is -0.448 e. The van der Waals surface area contributed by atoms with E-state index in [0.29, 0.717) is 0 Å². The van der Waals surface area contributed by atoms with Gasteiger partial charge in [-0.05, 0) is 24.1 Å². The number of nitrogens with zero attached hydrogens (tertiary/aromatic N) is 3. The van der Waals surface area contributed by atoms with E-state index in [-0.39, 0.29) is 0 Å². The molecular formula is C18H15N3OS. The maximum Gasteiger partial charge on any atom is 0.200 e. The first-order chi connectivity index (χ1) is 11.3. The number of benzene rings is 1. The van der Waals surface area contributed by atoms with E-state index in [9.17, 15) is 0 Å². The van der Waals surface area contributed by atoms with Gasteiger partial charge in [0.2, 0.25) is 5.88 Å². The Balaban J connectivity index is 1.96. The monoisotopic (exact) mass is 321 g/mol.